The Morgan fingerprint density at radius 3 is 2.70 bits per heavy atom. The van der Waals surface area contributed by atoms with Gasteiger partial charge in [-0.1, -0.05) is 23.7 Å². The number of fused-ring (bicyclic) bond motifs is 2. The zero-order valence-corrected chi connectivity index (χ0v) is 15.3. The summed E-state index contributed by atoms with van der Waals surface area (Å²) < 4.78 is 0. The van der Waals surface area contributed by atoms with E-state index in [9.17, 15) is 4.79 Å². The lowest BCUT2D eigenvalue weighted by Gasteiger charge is -2.52. The van der Waals surface area contributed by atoms with E-state index in [1.54, 1.807) is 12.4 Å². The normalized spacial score (nSPS) is 24.0. The number of anilines is 1. The zero-order valence-electron chi connectivity index (χ0n) is 14.5. The number of hydrogen-bond donors (Lipinski definition) is 1. The fraction of sp³-hybridized carbons (Fsp3) is 0.300. The second kappa shape index (κ2) is 6.46. The van der Waals surface area contributed by atoms with E-state index in [4.69, 9.17) is 11.6 Å². The Labute approximate surface area is 161 Å². The van der Waals surface area contributed by atoms with E-state index in [-0.39, 0.29) is 17.9 Å². The SMILES string of the molecule is O=C1C(Cc2ccc(Cl)cc2)C2CC(C2)N1c1cc(-c2ccnnc2)[nH]n1. The quantitative estimate of drug-likeness (QED) is 0.752. The van der Waals surface area contributed by atoms with Crippen LogP contribution in [-0.2, 0) is 11.2 Å². The molecule has 1 unspecified atom stereocenters. The number of nitrogens with zero attached hydrogens (tertiary/aromatic N) is 4. The molecule has 1 atom stereocenters. The van der Waals surface area contributed by atoms with E-state index in [1.807, 2.05) is 41.3 Å². The maximum absolute atomic E-state index is 13.2. The Hall–Kier alpha value is -2.73. The number of rotatable bonds is 4. The van der Waals surface area contributed by atoms with Gasteiger partial charge in [-0.15, -0.1) is 0 Å². The number of aromatic nitrogens is 4. The minimum absolute atomic E-state index is 0.00100. The lowest BCUT2D eigenvalue weighted by atomic mass is 9.65. The molecule has 27 heavy (non-hydrogen) atoms. The van der Waals surface area contributed by atoms with Crippen molar-refractivity contribution >= 4 is 23.3 Å². The molecule has 1 N–H and O–H groups in total. The first-order chi connectivity index (χ1) is 13.2. The maximum atomic E-state index is 13.2. The predicted octanol–water partition coefficient (Wildman–Crippen LogP) is 3.50. The Bertz CT molecular complexity index is 966. The van der Waals surface area contributed by atoms with Crippen molar-refractivity contribution in [1.82, 2.24) is 20.4 Å². The van der Waals surface area contributed by atoms with Gasteiger partial charge in [0.05, 0.1) is 18.1 Å². The van der Waals surface area contributed by atoms with Crippen LogP contribution < -0.4 is 4.90 Å². The summed E-state index contributed by atoms with van der Waals surface area (Å²) in [5.41, 5.74) is 2.88. The number of halogens is 1. The van der Waals surface area contributed by atoms with E-state index in [0.29, 0.717) is 16.8 Å². The highest BCUT2D eigenvalue weighted by molar-refractivity contribution is 6.30. The molecule has 0 spiro atoms. The number of H-pyrrole nitrogens is 1. The molecule has 2 aromatic heterocycles. The molecule has 3 fully saturated rings. The number of carbonyl (C=O) groups is 1. The fourth-order valence-corrected chi connectivity index (χ4v) is 4.32. The molecule has 2 saturated heterocycles. The van der Waals surface area contributed by atoms with Gasteiger partial charge >= 0.3 is 0 Å². The molecular formula is C20H18ClN5O. The van der Waals surface area contributed by atoms with Gasteiger partial charge in [0.25, 0.3) is 0 Å². The Balaban J connectivity index is 1.39. The highest BCUT2D eigenvalue weighted by Gasteiger charge is 2.50. The molecule has 1 aliphatic carbocycles. The minimum atomic E-state index is -0.00100. The third-order valence-electron chi connectivity index (χ3n) is 5.71. The lowest BCUT2D eigenvalue weighted by molar-refractivity contribution is -0.131. The smallest absolute Gasteiger partial charge is 0.232 e. The largest absolute Gasteiger partial charge is 0.292 e. The van der Waals surface area contributed by atoms with E-state index < -0.39 is 0 Å². The molecule has 2 aliphatic heterocycles. The van der Waals surface area contributed by atoms with Crippen LogP contribution in [0.5, 0.6) is 0 Å². The number of piperidine rings is 2. The molecule has 2 bridgehead atoms. The molecule has 7 heteroatoms. The monoisotopic (exact) mass is 379 g/mol. The van der Waals surface area contributed by atoms with Crippen LogP contribution >= 0.6 is 11.6 Å². The molecule has 1 aromatic carbocycles. The van der Waals surface area contributed by atoms with Gasteiger partial charge in [0.2, 0.25) is 5.91 Å². The number of hydrogen-bond acceptors (Lipinski definition) is 4. The van der Waals surface area contributed by atoms with Crippen molar-refractivity contribution < 1.29 is 4.79 Å². The third kappa shape index (κ3) is 2.90. The standard InChI is InChI=1S/C20H18ClN5O/c21-15-3-1-12(2-4-15)7-17-14-8-16(9-14)26(20(17)27)19-10-18(24-25-19)13-5-6-22-23-11-13/h1-6,10-11,14,16-17H,7-9H2,(H,24,25). The molecule has 0 radical (unpaired) electrons. The summed E-state index contributed by atoms with van der Waals surface area (Å²) in [6, 6.07) is 11.8. The van der Waals surface area contributed by atoms with Gasteiger partial charge in [0, 0.05) is 28.6 Å². The van der Waals surface area contributed by atoms with Crippen molar-refractivity contribution in [1.29, 1.82) is 0 Å². The van der Waals surface area contributed by atoms with Crippen LogP contribution in [0.15, 0.2) is 48.8 Å². The zero-order chi connectivity index (χ0) is 18.4. The maximum Gasteiger partial charge on any atom is 0.232 e. The Kier molecular flexibility index (Phi) is 3.93. The van der Waals surface area contributed by atoms with Crippen LogP contribution in [0.4, 0.5) is 5.82 Å². The second-order valence-corrected chi connectivity index (χ2v) is 7.74. The van der Waals surface area contributed by atoms with Gasteiger partial charge < -0.3 is 0 Å². The molecule has 4 heterocycles. The molecule has 3 aromatic rings. The highest BCUT2D eigenvalue weighted by Crippen LogP contribution is 2.46. The first kappa shape index (κ1) is 16.4. The number of carbonyl (C=O) groups excluding carboxylic acids is 1. The number of amides is 1. The first-order valence-corrected chi connectivity index (χ1v) is 9.47. The first-order valence-electron chi connectivity index (χ1n) is 9.09. The fourth-order valence-electron chi connectivity index (χ4n) is 4.19. The molecule has 6 rings (SSSR count). The second-order valence-electron chi connectivity index (χ2n) is 7.30. The summed E-state index contributed by atoms with van der Waals surface area (Å²) >= 11 is 5.98. The topological polar surface area (TPSA) is 74.8 Å². The molecule has 3 aliphatic rings. The summed E-state index contributed by atoms with van der Waals surface area (Å²) in [4.78, 5) is 15.1. The average Bonchev–Trinajstić information content (AvgIpc) is 3.14. The van der Waals surface area contributed by atoms with Crippen LogP contribution in [0.3, 0.4) is 0 Å². The van der Waals surface area contributed by atoms with Gasteiger partial charge in [-0.2, -0.15) is 15.3 Å². The molecule has 136 valence electrons. The minimum Gasteiger partial charge on any atom is -0.292 e. The molecular weight excluding hydrogens is 362 g/mol. The third-order valence-corrected chi connectivity index (χ3v) is 5.97. The number of benzene rings is 1. The summed E-state index contributed by atoms with van der Waals surface area (Å²) in [7, 11) is 0. The van der Waals surface area contributed by atoms with Crippen molar-refractivity contribution in [3.8, 4) is 11.3 Å². The van der Waals surface area contributed by atoms with Crippen LogP contribution in [-0.4, -0.2) is 32.3 Å². The van der Waals surface area contributed by atoms with E-state index in [1.165, 1.54) is 0 Å². The number of aromatic amines is 1. The van der Waals surface area contributed by atoms with Gasteiger partial charge in [0.15, 0.2) is 5.82 Å². The van der Waals surface area contributed by atoms with Crippen molar-refractivity contribution in [2.24, 2.45) is 11.8 Å². The summed E-state index contributed by atoms with van der Waals surface area (Å²) in [5, 5.41) is 15.8. The van der Waals surface area contributed by atoms with Crippen molar-refractivity contribution in [3.63, 3.8) is 0 Å². The Morgan fingerprint density at radius 1 is 1.15 bits per heavy atom. The molecule has 1 saturated carbocycles. The highest BCUT2D eigenvalue weighted by atomic mass is 35.5. The van der Waals surface area contributed by atoms with E-state index >= 15 is 0 Å². The van der Waals surface area contributed by atoms with Gasteiger partial charge in [-0.05, 0) is 48.9 Å². The number of nitrogens with one attached hydrogen (secondary N) is 1. The van der Waals surface area contributed by atoms with Crippen molar-refractivity contribution in [2.75, 3.05) is 4.90 Å². The lowest BCUT2D eigenvalue weighted by Crippen LogP contribution is -2.60. The van der Waals surface area contributed by atoms with Crippen LogP contribution in [0.25, 0.3) is 11.3 Å². The van der Waals surface area contributed by atoms with Gasteiger partial charge in [-0.25, -0.2) is 0 Å². The molecule has 6 nitrogen and oxygen atoms in total. The molecule has 1 amide bonds. The van der Waals surface area contributed by atoms with Gasteiger partial charge in [-0.3, -0.25) is 14.8 Å². The van der Waals surface area contributed by atoms with Gasteiger partial charge in [0.1, 0.15) is 0 Å². The van der Waals surface area contributed by atoms with E-state index in [0.717, 1.165) is 36.1 Å². The van der Waals surface area contributed by atoms with Crippen LogP contribution in [0.1, 0.15) is 18.4 Å². The van der Waals surface area contributed by atoms with Crippen molar-refractivity contribution in [3.05, 3.63) is 59.4 Å². The van der Waals surface area contributed by atoms with Crippen molar-refractivity contribution in [2.45, 2.75) is 25.3 Å². The summed E-state index contributed by atoms with van der Waals surface area (Å²) in [6.07, 6.45) is 6.15. The van der Waals surface area contributed by atoms with Crippen LogP contribution in [0, 0.1) is 11.8 Å². The van der Waals surface area contributed by atoms with Crippen LogP contribution in [0.2, 0.25) is 5.02 Å². The average molecular weight is 380 g/mol. The predicted molar refractivity (Wildman–Crippen MR) is 102 cm³/mol. The Morgan fingerprint density at radius 2 is 1.96 bits per heavy atom. The van der Waals surface area contributed by atoms with E-state index in [2.05, 4.69) is 20.4 Å². The summed E-state index contributed by atoms with van der Waals surface area (Å²) in [6.45, 7) is 0. The summed E-state index contributed by atoms with van der Waals surface area (Å²) in [5.74, 6) is 1.33.